The fraction of sp³-hybridized carbons (Fsp3) is 0.382. The fourth-order valence-corrected chi connectivity index (χ4v) is 6.02. The van der Waals surface area contributed by atoms with Gasteiger partial charge in [0.05, 0.1) is 24.3 Å². The Hall–Kier alpha value is -4.76. The lowest BCUT2D eigenvalue weighted by Gasteiger charge is -2.40. The second-order valence-corrected chi connectivity index (χ2v) is 11.6. The maximum Gasteiger partial charge on any atom is 0.404 e. The Morgan fingerprint density at radius 2 is 1.63 bits per heavy atom. The first-order valence-electron chi connectivity index (χ1n) is 15.1. The predicted molar refractivity (Wildman–Crippen MR) is 162 cm³/mol. The first kappa shape index (κ1) is 32.6. The standard InChI is InChI=1S/C34H34F3N5O4/c1-46-28-9-6-24(7-10-28)31(43)25-12-15-41(16-13-25)33(45)29-11-8-26(20-39-29)32(44)40-27-14-17-42(30(18-27)34(35,36)37)21-23-4-2-22(19-38)3-5-23/h2-11,20,25,27,30H,12-18,21H2,1H3,(H,40,44)/t27-,30-/m0/s1. The second kappa shape index (κ2) is 14.1. The number of ketones is 1. The number of nitriles is 1. The van der Waals surface area contributed by atoms with Crippen LogP contribution in [-0.4, -0.2) is 77.4 Å². The number of halogens is 3. The number of rotatable bonds is 8. The van der Waals surface area contributed by atoms with E-state index in [0.717, 1.165) is 0 Å². The summed E-state index contributed by atoms with van der Waals surface area (Å²) in [4.78, 5) is 46.1. The van der Waals surface area contributed by atoms with Crippen molar-refractivity contribution in [2.45, 2.75) is 50.5 Å². The highest BCUT2D eigenvalue weighted by atomic mass is 19.4. The zero-order chi connectivity index (χ0) is 32.8. The highest BCUT2D eigenvalue weighted by Crippen LogP contribution is 2.33. The number of benzene rings is 2. The first-order valence-corrected chi connectivity index (χ1v) is 15.1. The molecule has 0 saturated carbocycles. The van der Waals surface area contributed by atoms with Gasteiger partial charge in [-0.15, -0.1) is 0 Å². The summed E-state index contributed by atoms with van der Waals surface area (Å²) in [7, 11) is 1.56. The number of ether oxygens (including phenoxy) is 1. The average molecular weight is 634 g/mol. The van der Waals surface area contributed by atoms with Crippen molar-refractivity contribution in [2.75, 3.05) is 26.7 Å². The smallest absolute Gasteiger partial charge is 0.404 e. The number of carbonyl (C=O) groups is 3. The van der Waals surface area contributed by atoms with Gasteiger partial charge in [-0.2, -0.15) is 18.4 Å². The van der Waals surface area contributed by atoms with Gasteiger partial charge in [0.15, 0.2) is 5.78 Å². The van der Waals surface area contributed by atoms with Crippen molar-refractivity contribution < 1.29 is 32.3 Å². The van der Waals surface area contributed by atoms with E-state index in [1.807, 2.05) is 6.07 Å². The topological polar surface area (TPSA) is 116 Å². The van der Waals surface area contributed by atoms with E-state index in [1.54, 1.807) is 60.5 Å². The molecule has 2 fully saturated rings. The number of hydrogen-bond donors (Lipinski definition) is 1. The van der Waals surface area contributed by atoms with Crippen LogP contribution < -0.4 is 10.1 Å². The van der Waals surface area contributed by atoms with Crippen molar-refractivity contribution in [3.63, 3.8) is 0 Å². The Labute approximate surface area is 265 Å². The third kappa shape index (κ3) is 7.72. The van der Waals surface area contributed by atoms with E-state index < -0.39 is 24.2 Å². The van der Waals surface area contributed by atoms with Crippen LogP contribution >= 0.6 is 0 Å². The summed E-state index contributed by atoms with van der Waals surface area (Å²) in [6.45, 7) is 0.981. The molecule has 2 aromatic carbocycles. The highest BCUT2D eigenvalue weighted by molar-refractivity contribution is 5.99. The number of alkyl halides is 3. The van der Waals surface area contributed by atoms with Gasteiger partial charge < -0.3 is 15.0 Å². The molecule has 240 valence electrons. The minimum absolute atomic E-state index is 0.0294. The number of Topliss-reactive ketones (excluding diaryl/α,β-unsaturated/α-hetero) is 1. The van der Waals surface area contributed by atoms with E-state index in [2.05, 4.69) is 10.3 Å². The first-order chi connectivity index (χ1) is 22.0. The quantitative estimate of drug-likeness (QED) is 0.347. The van der Waals surface area contributed by atoms with E-state index in [-0.39, 0.29) is 48.4 Å². The molecule has 0 unspecified atom stereocenters. The number of methoxy groups -OCH3 is 1. The molecule has 9 nitrogen and oxygen atoms in total. The second-order valence-electron chi connectivity index (χ2n) is 11.6. The van der Waals surface area contributed by atoms with Gasteiger partial charge in [0, 0.05) is 49.9 Å². The zero-order valence-electron chi connectivity index (χ0n) is 25.3. The molecule has 2 saturated heterocycles. The lowest BCUT2D eigenvalue weighted by molar-refractivity contribution is -0.194. The van der Waals surface area contributed by atoms with Gasteiger partial charge >= 0.3 is 6.18 Å². The number of pyridine rings is 1. The Bertz CT molecular complexity index is 1580. The highest BCUT2D eigenvalue weighted by Gasteiger charge is 2.47. The molecule has 0 bridgehead atoms. The van der Waals surface area contributed by atoms with Crippen LogP contribution in [0.2, 0.25) is 0 Å². The predicted octanol–water partition coefficient (Wildman–Crippen LogP) is 5.02. The van der Waals surface area contributed by atoms with Gasteiger partial charge in [-0.1, -0.05) is 12.1 Å². The third-order valence-corrected chi connectivity index (χ3v) is 8.67. The van der Waals surface area contributed by atoms with Crippen molar-refractivity contribution in [2.24, 2.45) is 5.92 Å². The molecule has 3 heterocycles. The molecule has 2 aliphatic rings. The molecule has 2 aliphatic heterocycles. The number of amides is 2. The van der Waals surface area contributed by atoms with Crippen LogP contribution in [0.15, 0.2) is 66.9 Å². The molecule has 1 N–H and O–H groups in total. The molecule has 5 rings (SSSR count). The molecule has 12 heteroatoms. The van der Waals surface area contributed by atoms with E-state index >= 15 is 0 Å². The summed E-state index contributed by atoms with van der Waals surface area (Å²) in [6, 6.07) is 15.8. The van der Waals surface area contributed by atoms with Gasteiger partial charge in [0.1, 0.15) is 17.5 Å². The maximum atomic E-state index is 14.0. The molecule has 0 spiro atoms. The number of likely N-dealkylation sites (tertiary alicyclic amines) is 2. The third-order valence-electron chi connectivity index (χ3n) is 8.67. The molecule has 3 aromatic rings. The van der Waals surface area contributed by atoms with E-state index in [0.29, 0.717) is 54.8 Å². The van der Waals surface area contributed by atoms with Gasteiger partial charge in [-0.25, -0.2) is 0 Å². The summed E-state index contributed by atoms with van der Waals surface area (Å²) in [5, 5.41) is 11.7. The number of nitrogens with one attached hydrogen (secondary N) is 1. The normalized spacial score (nSPS) is 19.2. The van der Waals surface area contributed by atoms with Crippen molar-refractivity contribution in [3.8, 4) is 11.8 Å². The van der Waals surface area contributed by atoms with Gasteiger partial charge in [-0.05, 0) is 79.8 Å². The van der Waals surface area contributed by atoms with E-state index in [9.17, 15) is 27.6 Å². The molecular weight excluding hydrogens is 599 g/mol. The summed E-state index contributed by atoms with van der Waals surface area (Å²) in [6.07, 6.45) is -2.17. The fourth-order valence-electron chi connectivity index (χ4n) is 6.02. The van der Waals surface area contributed by atoms with Crippen LogP contribution in [-0.2, 0) is 6.54 Å². The van der Waals surface area contributed by atoms with Crippen LogP contribution in [0.5, 0.6) is 5.75 Å². The molecule has 2 atom stereocenters. The molecule has 0 aliphatic carbocycles. The van der Waals surface area contributed by atoms with Crippen LogP contribution in [0.4, 0.5) is 13.2 Å². The number of nitrogens with zero attached hydrogens (tertiary/aromatic N) is 4. The monoisotopic (exact) mass is 633 g/mol. The van der Waals surface area contributed by atoms with Gasteiger partial charge in [0.25, 0.3) is 11.8 Å². The van der Waals surface area contributed by atoms with E-state index in [4.69, 9.17) is 10.00 Å². The lowest BCUT2D eigenvalue weighted by Crippen LogP contribution is -2.55. The number of carbonyl (C=O) groups excluding carboxylic acids is 3. The number of aromatic nitrogens is 1. The van der Waals surface area contributed by atoms with Crippen LogP contribution in [0, 0.1) is 17.2 Å². The van der Waals surface area contributed by atoms with Crippen LogP contribution in [0.3, 0.4) is 0 Å². The zero-order valence-corrected chi connectivity index (χ0v) is 25.3. The summed E-state index contributed by atoms with van der Waals surface area (Å²) >= 11 is 0. The molecular formula is C34H34F3N5O4. The summed E-state index contributed by atoms with van der Waals surface area (Å²) < 4.78 is 47.2. The Balaban J connectivity index is 1.13. The van der Waals surface area contributed by atoms with Crippen molar-refractivity contribution in [1.29, 1.82) is 5.26 Å². The van der Waals surface area contributed by atoms with E-state index in [1.165, 1.54) is 23.2 Å². The van der Waals surface area contributed by atoms with Crippen molar-refractivity contribution in [3.05, 3.63) is 94.8 Å². The summed E-state index contributed by atoms with van der Waals surface area (Å²) in [5.74, 6) is -0.375. The Morgan fingerprint density at radius 3 is 2.22 bits per heavy atom. The average Bonchev–Trinajstić information content (AvgIpc) is 3.08. The Morgan fingerprint density at radius 1 is 0.957 bits per heavy atom. The van der Waals surface area contributed by atoms with Gasteiger partial charge in [0.2, 0.25) is 0 Å². The summed E-state index contributed by atoms with van der Waals surface area (Å²) in [5.41, 5.74) is 1.99. The Kier molecular flexibility index (Phi) is 10.0. The van der Waals surface area contributed by atoms with Crippen molar-refractivity contribution in [1.82, 2.24) is 20.1 Å². The maximum absolute atomic E-state index is 14.0. The molecule has 46 heavy (non-hydrogen) atoms. The minimum Gasteiger partial charge on any atom is -0.497 e. The molecule has 1 aromatic heterocycles. The van der Waals surface area contributed by atoms with Crippen molar-refractivity contribution >= 4 is 17.6 Å². The number of hydrogen-bond acceptors (Lipinski definition) is 7. The van der Waals surface area contributed by atoms with Crippen LogP contribution in [0.1, 0.15) is 68.0 Å². The van der Waals surface area contributed by atoms with Gasteiger partial charge in [-0.3, -0.25) is 24.3 Å². The van der Waals surface area contributed by atoms with Crippen LogP contribution in [0.25, 0.3) is 0 Å². The molecule has 0 radical (unpaired) electrons. The lowest BCUT2D eigenvalue weighted by atomic mass is 9.88. The minimum atomic E-state index is -4.49. The largest absolute Gasteiger partial charge is 0.497 e. The SMILES string of the molecule is COc1ccc(C(=O)C2CCN(C(=O)c3ccc(C(=O)N[C@H]4CCN(Cc5ccc(C#N)cc5)[C@H](C(F)(F)F)C4)cn3)CC2)cc1. The number of piperidine rings is 2. The molecule has 2 amide bonds.